The van der Waals surface area contributed by atoms with Gasteiger partial charge in [0.05, 0.1) is 18.1 Å². The number of aromatic nitrogens is 1. The molecule has 170 valence electrons. The van der Waals surface area contributed by atoms with Crippen molar-refractivity contribution in [3.05, 3.63) is 53.2 Å². The van der Waals surface area contributed by atoms with Crippen LogP contribution >= 0.6 is 0 Å². The molecule has 0 bridgehead atoms. The smallest absolute Gasteiger partial charge is 0.240 e. The minimum absolute atomic E-state index is 0.00223. The van der Waals surface area contributed by atoms with Gasteiger partial charge in [0.25, 0.3) is 0 Å². The monoisotopic (exact) mass is 457 g/mol. The van der Waals surface area contributed by atoms with Gasteiger partial charge >= 0.3 is 0 Å². The average Bonchev–Trinajstić information content (AvgIpc) is 2.93. The minimum Gasteiger partial charge on any atom is -0.490 e. The Hall–Kier alpha value is -3.04. The molecule has 0 fully saturated rings. The van der Waals surface area contributed by atoms with E-state index in [0.717, 1.165) is 28.6 Å². The van der Waals surface area contributed by atoms with Crippen molar-refractivity contribution in [3.8, 4) is 11.5 Å². The van der Waals surface area contributed by atoms with E-state index in [2.05, 4.69) is 28.0 Å². The van der Waals surface area contributed by atoms with Gasteiger partial charge in [-0.2, -0.15) is 0 Å². The zero-order valence-electron chi connectivity index (χ0n) is 18.2. The summed E-state index contributed by atoms with van der Waals surface area (Å²) in [5.74, 6) is 0.713. The van der Waals surface area contributed by atoms with Crippen LogP contribution in [0.1, 0.15) is 29.7 Å². The van der Waals surface area contributed by atoms with Gasteiger partial charge in [0.15, 0.2) is 11.5 Å². The molecule has 2 aromatic carbocycles. The molecule has 0 aliphatic carbocycles. The first-order chi connectivity index (χ1) is 15.3. The van der Waals surface area contributed by atoms with E-state index < -0.39 is 10.0 Å². The molecule has 2 heterocycles. The third-order valence-corrected chi connectivity index (χ3v) is 6.99. The summed E-state index contributed by atoms with van der Waals surface area (Å²) in [5, 5.41) is 3.98. The van der Waals surface area contributed by atoms with Crippen LogP contribution in [0.5, 0.6) is 11.5 Å². The first kappa shape index (κ1) is 22.2. The Morgan fingerprint density at radius 1 is 1.06 bits per heavy atom. The van der Waals surface area contributed by atoms with Crippen molar-refractivity contribution in [2.24, 2.45) is 0 Å². The Labute approximate surface area is 187 Å². The van der Waals surface area contributed by atoms with Crippen LogP contribution in [0, 0.1) is 13.8 Å². The molecule has 8 nitrogen and oxygen atoms in total. The van der Waals surface area contributed by atoms with E-state index in [4.69, 9.17) is 9.47 Å². The molecule has 3 aromatic rings. The summed E-state index contributed by atoms with van der Waals surface area (Å²) in [6.07, 6.45) is 0.775. The number of nitrogens with one attached hydrogen (secondary N) is 3. The van der Waals surface area contributed by atoms with Crippen molar-refractivity contribution in [2.45, 2.75) is 38.1 Å². The van der Waals surface area contributed by atoms with Crippen LogP contribution in [0.4, 0.5) is 0 Å². The molecular formula is C23H27N3O5S. The van der Waals surface area contributed by atoms with Crippen LogP contribution in [0.25, 0.3) is 10.9 Å². The Balaban J connectivity index is 1.29. The van der Waals surface area contributed by atoms with Crippen LogP contribution in [-0.2, 0) is 21.4 Å². The van der Waals surface area contributed by atoms with Gasteiger partial charge in [-0.1, -0.05) is 6.07 Å². The lowest BCUT2D eigenvalue weighted by Gasteiger charge is -2.11. The predicted molar refractivity (Wildman–Crippen MR) is 121 cm³/mol. The highest BCUT2D eigenvalue weighted by Gasteiger charge is 2.19. The van der Waals surface area contributed by atoms with Crippen molar-refractivity contribution in [2.75, 3.05) is 19.8 Å². The van der Waals surface area contributed by atoms with Crippen LogP contribution in [0.2, 0.25) is 0 Å². The fourth-order valence-corrected chi connectivity index (χ4v) is 4.65. The van der Waals surface area contributed by atoms with E-state index in [0.29, 0.717) is 31.3 Å². The Bertz CT molecular complexity index is 1250. The topological polar surface area (TPSA) is 110 Å². The minimum atomic E-state index is -3.76. The number of ether oxygens (including phenoxy) is 2. The van der Waals surface area contributed by atoms with E-state index >= 15 is 0 Å². The summed E-state index contributed by atoms with van der Waals surface area (Å²) >= 11 is 0. The van der Waals surface area contributed by atoms with Crippen LogP contribution in [0.3, 0.4) is 0 Å². The average molecular weight is 458 g/mol. The van der Waals surface area contributed by atoms with Gasteiger partial charge in [0.2, 0.25) is 15.9 Å². The van der Waals surface area contributed by atoms with Crippen molar-refractivity contribution in [3.63, 3.8) is 0 Å². The third-order valence-electron chi connectivity index (χ3n) is 5.54. The number of hydrogen-bond acceptors (Lipinski definition) is 5. The highest BCUT2D eigenvalue weighted by atomic mass is 32.2. The lowest BCUT2D eigenvalue weighted by Crippen LogP contribution is -2.30. The van der Waals surface area contributed by atoms with Crippen molar-refractivity contribution < 1.29 is 22.7 Å². The molecular weight excluding hydrogens is 430 g/mol. The zero-order valence-corrected chi connectivity index (χ0v) is 19.0. The van der Waals surface area contributed by atoms with E-state index in [-0.39, 0.29) is 23.8 Å². The molecule has 0 saturated carbocycles. The SMILES string of the molecule is Cc1[nH]c2ccc(CNC(=O)CCNS(=O)(=O)c3ccc4c(c3)OCCCO4)cc2c1C. The molecule has 3 N–H and O–H groups in total. The number of carbonyl (C=O) groups excluding carboxylic acids is 1. The first-order valence-electron chi connectivity index (χ1n) is 10.6. The number of H-pyrrole nitrogens is 1. The molecule has 4 rings (SSSR count). The maximum Gasteiger partial charge on any atom is 0.240 e. The van der Waals surface area contributed by atoms with Gasteiger partial charge in [-0.25, -0.2) is 13.1 Å². The largest absolute Gasteiger partial charge is 0.490 e. The van der Waals surface area contributed by atoms with Crippen molar-refractivity contribution in [1.82, 2.24) is 15.0 Å². The highest BCUT2D eigenvalue weighted by Crippen LogP contribution is 2.31. The fraction of sp³-hybridized carbons (Fsp3) is 0.348. The number of sulfonamides is 1. The molecule has 32 heavy (non-hydrogen) atoms. The number of benzene rings is 2. The van der Waals surface area contributed by atoms with E-state index in [1.165, 1.54) is 17.7 Å². The van der Waals surface area contributed by atoms with Gasteiger partial charge in [-0.15, -0.1) is 0 Å². The van der Waals surface area contributed by atoms with Crippen LogP contribution in [-0.4, -0.2) is 39.1 Å². The summed E-state index contributed by atoms with van der Waals surface area (Å²) in [6, 6.07) is 10.5. The predicted octanol–water partition coefficient (Wildman–Crippen LogP) is 2.93. The Morgan fingerprint density at radius 2 is 1.84 bits per heavy atom. The molecule has 9 heteroatoms. The van der Waals surface area contributed by atoms with Crippen molar-refractivity contribution >= 4 is 26.8 Å². The molecule has 0 atom stereocenters. The maximum absolute atomic E-state index is 12.6. The summed E-state index contributed by atoms with van der Waals surface area (Å²) < 4.78 is 38.7. The zero-order chi connectivity index (χ0) is 22.7. The number of amides is 1. The molecule has 1 aliphatic rings. The standard InChI is InChI=1S/C23H27N3O5S/c1-15-16(2)26-20-6-4-17(12-19(15)20)14-24-23(27)8-9-25-32(28,29)18-5-7-21-22(13-18)31-11-3-10-30-21/h4-7,12-13,25-26H,3,8-11,14H2,1-2H3,(H,24,27). The van der Waals surface area contributed by atoms with E-state index in [1.807, 2.05) is 19.1 Å². The maximum atomic E-state index is 12.6. The number of rotatable bonds is 7. The number of aromatic amines is 1. The number of aryl methyl sites for hydroxylation is 2. The molecule has 1 aromatic heterocycles. The third kappa shape index (κ3) is 4.89. The van der Waals surface area contributed by atoms with Gasteiger partial charge in [0, 0.05) is 48.6 Å². The fourth-order valence-electron chi connectivity index (χ4n) is 3.60. The molecule has 1 amide bonds. The summed E-state index contributed by atoms with van der Waals surface area (Å²) in [5.41, 5.74) is 4.37. The van der Waals surface area contributed by atoms with Gasteiger partial charge in [-0.3, -0.25) is 4.79 Å². The second-order valence-electron chi connectivity index (χ2n) is 7.84. The van der Waals surface area contributed by atoms with E-state index in [9.17, 15) is 13.2 Å². The number of carbonyl (C=O) groups is 1. The van der Waals surface area contributed by atoms with Gasteiger partial charge in [-0.05, 0) is 49.2 Å². The number of fused-ring (bicyclic) bond motifs is 2. The highest BCUT2D eigenvalue weighted by molar-refractivity contribution is 7.89. The van der Waals surface area contributed by atoms with Crippen LogP contribution < -0.4 is 19.5 Å². The Morgan fingerprint density at radius 3 is 2.66 bits per heavy atom. The quantitative estimate of drug-likeness (QED) is 0.505. The van der Waals surface area contributed by atoms with Crippen LogP contribution in [0.15, 0.2) is 41.3 Å². The van der Waals surface area contributed by atoms with Crippen molar-refractivity contribution in [1.29, 1.82) is 0 Å². The normalized spacial score (nSPS) is 13.7. The lowest BCUT2D eigenvalue weighted by atomic mass is 10.1. The lowest BCUT2D eigenvalue weighted by molar-refractivity contribution is -0.121. The van der Waals surface area contributed by atoms with E-state index in [1.54, 1.807) is 6.07 Å². The molecule has 0 unspecified atom stereocenters. The molecule has 0 spiro atoms. The summed E-state index contributed by atoms with van der Waals surface area (Å²) in [4.78, 5) is 15.6. The number of hydrogen-bond donors (Lipinski definition) is 3. The molecule has 0 saturated heterocycles. The second kappa shape index (κ2) is 9.22. The summed E-state index contributed by atoms with van der Waals surface area (Å²) in [6.45, 7) is 5.48. The second-order valence-corrected chi connectivity index (χ2v) is 9.61. The Kier molecular flexibility index (Phi) is 6.38. The molecule has 1 aliphatic heterocycles. The van der Waals surface area contributed by atoms with Gasteiger partial charge < -0.3 is 19.8 Å². The molecule has 0 radical (unpaired) electrons. The van der Waals surface area contributed by atoms with Gasteiger partial charge in [0.1, 0.15) is 0 Å². The first-order valence-corrected chi connectivity index (χ1v) is 12.1. The summed E-state index contributed by atoms with van der Waals surface area (Å²) in [7, 11) is -3.76.